The molecule has 2 aromatic heterocycles. The number of hydrogen-bond acceptors (Lipinski definition) is 5. The molecule has 20 heavy (non-hydrogen) atoms. The summed E-state index contributed by atoms with van der Waals surface area (Å²) in [5, 5.41) is 11.1. The number of nitrogens with one attached hydrogen (secondary N) is 1. The Bertz CT molecular complexity index is 656. The zero-order chi connectivity index (χ0) is 14.4. The molecule has 0 aliphatic heterocycles. The molecule has 0 unspecified atom stereocenters. The van der Waals surface area contributed by atoms with Crippen molar-refractivity contribution in [3.8, 4) is 0 Å². The lowest BCUT2D eigenvalue weighted by atomic mass is 10.3. The largest absolute Gasteiger partial charge is 0.478 e. The van der Waals surface area contributed by atoms with Gasteiger partial charge in [-0.3, -0.25) is 4.79 Å². The summed E-state index contributed by atoms with van der Waals surface area (Å²) in [7, 11) is 0. The van der Waals surface area contributed by atoms with Gasteiger partial charge in [0.15, 0.2) is 0 Å². The Hall–Kier alpha value is -3.09. The van der Waals surface area contributed by atoms with Crippen LogP contribution in [0.15, 0.2) is 43.0 Å². The van der Waals surface area contributed by atoms with Crippen LogP contribution in [-0.4, -0.2) is 31.9 Å². The first-order valence-corrected chi connectivity index (χ1v) is 5.59. The lowest BCUT2D eigenvalue weighted by Crippen LogP contribution is -2.13. The maximum atomic E-state index is 11.8. The summed E-state index contributed by atoms with van der Waals surface area (Å²) in [5.41, 5.74) is 0.732. The molecule has 0 aliphatic carbocycles. The van der Waals surface area contributed by atoms with Crippen LogP contribution < -0.4 is 5.32 Å². The number of carbonyl (C=O) groups is 2. The summed E-state index contributed by atoms with van der Waals surface area (Å²) < 4.78 is 0. The second-order valence-corrected chi connectivity index (χ2v) is 3.70. The van der Waals surface area contributed by atoms with Crippen LogP contribution in [0.5, 0.6) is 0 Å². The highest BCUT2D eigenvalue weighted by Gasteiger charge is 2.07. The number of hydrogen-bond donors (Lipinski definition) is 2. The quantitative estimate of drug-likeness (QED) is 0.809. The Morgan fingerprint density at radius 3 is 2.65 bits per heavy atom. The van der Waals surface area contributed by atoms with E-state index in [9.17, 15) is 9.59 Å². The molecule has 1 amide bonds. The van der Waals surface area contributed by atoms with E-state index >= 15 is 0 Å². The normalized spacial score (nSPS) is 10.4. The molecule has 0 spiro atoms. The van der Waals surface area contributed by atoms with E-state index in [1.54, 1.807) is 18.2 Å². The minimum absolute atomic E-state index is 0.306. The summed E-state index contributed by atoms with van der Waals surface area (Å²) >= 11 is 0. The smallest absolute Gasteiger partial charge is 0.328 e. The van der Waals surface area contributed by atoms with Crippen molar-refractivity contribution in [2.75, 3.05) is 5.32 Å². The fourth-order valence-corrected chi connectivity index (χ4v) is 1.38. The molecule has 0 aromatic carbocycles. The van der Waals surface area contributed by atoms with Crippen molar-refractivity contribution in [1.82, 2.24) is 15.0 Å². The molecular weight excluding hydrogens is 260 g/mol. The van der Waals surface area contributed by atoms with Gasteiger partial charge in [-0.2, -0.15) is 0 Å². The summed E-state index contributed by atoms with van der Waals surface area (Å²) in [6, 6.07) is 4.88. The molecule has 7 heteroatoms. The average Bonchev–Trinajstić information content (AvgIpc) is 2.46. The molecule has 7 nitrogen and oxygen atoms in total. The zero-order valence-electron chi connectivity index (χ0n) is 10.2. The predicted octanol–water partition coefficient (Wildman–Crippen LogP) is 1.22. The van der Waals surface area contributed by atoms with Gasteiger partial charge in [0.05, 0.1) is 11.3 Å². The van der Waals surface area contributed by atoms with E-state index in [1.807, 2.05) is 0 Å². The lowest BCUT2D eigenvalue weighted by molar-refractivity contribution is -0.131. The number of carboxylic acid groups (broad SMARTS) is 1. The van der Waals surface area contributed by atoms with E-state index in [4.69, 9.17) is 5.11 Å². The number of pyridine rings is 1. The average molecular weight is 270 g/mol. The minimum atomic E-state index is -1.07. The van der Waals surface area contributed by atoms with Gasteiger partial charge in [-0.25, -0.2) is 19.7 Å². The SMILES string of the molecule is O=C(O)/C=C/c1cccc(NC(=O)c2cncnc2)n1. The number of nitrogens with zero attached hydrogens (tertiary/aromatic N) is 3. The molecule has 2 heterocycles. The van der Waals surface area contributed by atoms with Gasteiger partial charge in [0, 0.05) is 18.5 Å². The van der Waals surface area contributed by atoms with Crippen LogP contribution in [0.1, 0.15) is 16.1 Å². The molecule has 100 valence electrons. The molecule has 0 bridgehead atoms. The Balaban J connectivity index is 2.12. The van der Waals surface area contributed by atoms with Gasteiger partial charge in [-0.05, 0) is 18.2 Å². The van der Waals surface area contributed by atoms with Gasteiger partial charge in [0.25, 0.3) is 5.91 Å². The number of carbonyl (C=O) groups excluding carboxylic acids is 1. The zero-order valence-corrected chi connectivity index (χ0v) is 10.2. The first-order valence-electron chi connectivity index (χ1n) is 5.59. The van der Waals surface area contributed by atoms with Crippen molar-refractivity contribution in [1.29, 1.82) is 0 Å². The van der Waals surface area contributed by atoms with Crippen molar-refractivity contribution in [3.63, 3.8) is 0 Å². The summed E-state index contributed by atoms with van der Waals surface area (Å²) in [6.45, 7) is 0. The Labute approximate surface area is 114 Å². The summed E-state index contributed by atoms with van der Waals surface area (Å²) in [5.74, 6) is -1.15. The van der Waals surface area contributed by atoms with Gasteiger partial charge in [0.2, 0.25) is 0 Å². The molecule has 0 atom stereocenters. The van der Waals surface area contributed by atoms with Crippen molar-refractivity contribution in [2.45, 2.75) is 0 Å². The van der Waals surface area contributed by atoms with Crippen LogP contribution in [0.4, 0.5) is 5.82 Å². The number of anilines is 1. The first-order chi connectivity index (χ1) is 9.65. The number of carboxylic acids is 1. The third-order valence-electron chi connectivity index (χ3n) is 2.23. The van der Waals surface area contributed by atoms with Gasteiger partial charge >= 0.3 is 5.97 Å². The number of amides is 1. The Morgan fingerprint density at radius 1 is 1.20 bits per heavy atom. The summed E-state index contributed by atoms with van der Waals surface area (Å²) in [6.07, 6.45) is 6.40. The second-order valence-electron chi connectivity index (χ2n) is 3.70. The van der Waals surface area contributed by atoms with E-state index in [2.05, 4.69) is 20.3 Å². The van der Waals surface area contributed by atoms with Crippen molar-refractivity contribution in [3.05, 3.63) is 54.3 Å². The number of rotatable bonds is 4. The topological polar surface area (TPSA) is 105 Å². The van der Waals surface area contributed by atoms with E-state index in [0.29, 0.717) is 17.1 Å². The fourth-order valence-electron chi connectivity index (χ4n) is 1.38. The number of aromatic nitrogens is 3. The summed E-state index contributed by atoms with van der Waals surface area (Å²) in [4.78, 5) is 33.8. The van der Waals surface area contributed by atoms with Crippen LogP contribution in [-0.2, 0) is 4.79 Å². The molecule has 0 radical (unpaired) electrons. The maximum Gasteiger partial charge on any atom is 0.328 e. The second kappa shape index (κ2) is 6.19. The van der Waals surface area contributed by atoms with Crippen molar-refractivity contribution < 1.29 is 14.7 Å². The Morgan fingerprint density at radius 2 is 1.95 bits per heavy atom. The maximum absolute atomic E-state index is 11.8. The molecule has 2 rings (SSSR count). The third kappa shape index (κ3) is 3.70. The third-order valence-corrected chi connectivity index (χ3v) is 2.23. The predicted molar refractivity (Wildman–Crippen MR) is 70.9 cm³/mol. The van der Waals surface area contributed by atoms with Crippen LogP contribution >= 0.6 is 0 Å². The van der Waals surface area contributed by atoms with Gasteiger partial charge < -0.3 is 10.4 Å². The fraction of sp³-hybridized carbons (Fsp3) is 0. The van der Waals surface area contributed by atoms with E-state index in [0.717, 1.165) is 6.08 Å². The van der Waals surface area contributed by atoms with Gasteiger partial charge in [-0.1, -0.05) is 6.07 Å². The van der Waals surface area contributed by atoms with E-state index in [-0.39, 0.29) is 0 Å². The molecule has 2 aromatic rings. The highest BCUT2D eigenvalue weighted by molar-refractivity contribution is 6.03. The van der Waals surface area contributed by atoms with Crippen LogP contribution in [0, 0.1) is 0 Å². The van der Waals surface area contributed by atoms with Gasteiger partial charge in [0.1, 0.15) is 12.1 Å². The standard InChI is InChI=1S/C13H10N4O3/c18-12(19)5-4-10-2-1-3-11(16-10)17-13(20)9-6-14-8-15-7-9/h1-8H,(H,18,19)(H,16,17,20)/b5-4+. The molecule has 0 aliphatic rings. The molecule has 2 N–H and O–H groups in total. The molecule has 0 fully saturated rings. The number of aliphatic carboxylic acids is 1. The van der Waals surface area contributed by atoms with Crippen molar-refractivity contribution >= 4 is 23.8 Å². The molecule has 0 saturated carbocycles. The van der Waals surface area contributed by atoms with Gasteiger partial charge in [-0.15, -0.1) is 0 Å². The van der Waals surface area contributed by atoms with Crippen LogP contribution in [0.3, 0.4) is 0 Å². The Kier molecular flexibility index (Phi) is 4.13. The highest BCUT2D eigenvalue weighted by Crippen LogP contribution is 2.08. The monoisotopic (exact) mass is 270 g/mol. The van der Waals surface area contributed by atoms with E-state index in [1.165, 1.54) is 24.8 Å². The van der Waals surface area contributed by atoms with Crippen LogP contribution in [0.25, 0.3) is 6.08 Å². The molecular formula is C13H10N4O3. The highest BCUT2D eigenvalue weighted by atomic mass is 16.4. The minimum Gasteiger partial charge on any atom is -0.478 e. The first kappa shape index (κ1) is 13.3. The molecule has 0 saturated heterocycles. The van der Waals surface area contributed by atoms with Crippen molar-refractivity contribution in [2.24, 2.45) is 0 Å². The van der Waals surface area contributed by atoms with Crippen LogP contribution in [0.2, 0.25) is 0 Å². The van der Waals surface area contributed by atoms with E-state index < -0.39 is 11.9 Å². The lowest BCUT2D eigenvalue weighted by Gasteiger charge is -2.04.